The Balaban J connectivity index is 1.42. The number of ether oxygens (including phenoxy) is 1. The normalized spacial score (nSPS) is 20.3. The molecule has 0 spiro atoms. The molecule has 0 bridgehead atoms. The summed E-state index contributed by atoms with van der Waals surface area (Å²) in [7, 11) is 0. The van der Waals surface area contributed by atoms with Gasteiger partial charge in [0.25, 0.3) is 11.7 Å². The van der Waals surface area contributed by atoms with E-state index in [9.17, 15) is 23.9 Å². The van der Waals surface area contributed by atoms with Crippen molar-refractivity contribution in [2.24, 2.45) is 0 Å². The molecule has 3 N–H and O–H groups in total. The van der Waals surface area contributed by atoms with Crippen LogP contribution in [0.2, 0.25) is 5.02 Å². The lowest BCUT2D eigenvalue weighted by Gasteiger charge is -2.24. The van der Waals surface area contributed by atoms with Gasteiger partial charge in [0.2, 0.25) is 5.91 Å². The standard InChI is InChI=1S/C21H19ClFN3O5/c22-15-2-1-3-16(23)14(15)11-24-20(29)31-21(30)8-9-26(19(21)28)13-5-6-17-12(10-13)4-7-18(27)25-17/h1-3,5-6,10,30H,4,7-9,11H2,(H,24,29)(H,25,27)/t21-/m0/s1. The van der Waals surface area contributed by atoms with Gasteiger partial charge >= 0.3 is 6.09 Å². The third-order valence-electron chi connectivity index (χ3n) is 5.28. The zero-order chi connectivity index (χ0) is 22.2. The summed E-state index contributed by atoms with van der Waals surface area (Å²) in [6, 6.07) is 9.21. The molecule has 0 radical (unpaired) electrons. The second-order valence-corrected chi connectivity index (χ2v) is 7.73. The van der Waals surface area contributed by atoms with Crippen molar-refractivity contribution in [1.29, 1.82) is 0 Å². The number of carbonyl (C=O) groups is 3. The molecule has 1 atom stereocenters. The van der Waals surface area contributed by atoms with Crippen molar-refractivity contribution in [2.45, 2.75) is 31.6 Å². The molecule has 1 saturated heterocycles. The van der Waals surface area contributed by atoms with Crippen molar-refractivity contribution in [2.75, 3.05) is 16.8 Å². The van der Waals surface area contributed by atoms with Gasteiger partial charge in [-0.25, -0.2) is 9.18 Å². The highest BCUT2D eigenvalue weighted by Crippen LogP contribution is 2.33. The maximum atomic E-state index is 13.8. The number of hydrogen-bond acceptors (Lipinski definition) is 5. The van der Waals surface area contributed by atoms with Crippen LogP contribution in [0.4, 0.5) is 20.6 Å². The van der Waals surface area contributed by atoms with E-state index in [-0.39, 0.29) is 36.0 Å². The van der Waals surface area contributed by atoms with Crippen molar-refractivity contribution in [1.82, 2.24) is 5.32 Å². The number of rotatable bonds is 4. The van der Waals surface area contributed by atoms with Crippen molar-refractivity contribution < 1.29 is 28.6 Å². The number of nitrogens with zero attached hydrogens (tertiary/aromatic N) is 1. The Labute approximate surface area is 181 Å². The quantitative estimate of drug-likeness (QED) is 0.624. The fraction of sp³-hybridized carbons (Fsp3) is 0.286. The topological polar surface area (TPSA) is 108 Å². The van der Waals surface area contributed by atoms with E-state index in [0.717, 1.165) is 5.56 Å². The molecule has 0 unspecified atom stereocenters. The molecule has 0 aromatic heterocycles. The van der Waals surface area contributed by atoms with Crippen LogP contribution in [0.5, 0.6) is 0 Å². The summed E-state index contributed by atoms with van der Waals surface area (Å²) < 4.78 is 18.8. The minimum absolute atomic E-state index is 0.0635. The van der Waals surface area contributed by atoms with Crippen LogP contribution in [0.3, 0.4) is 0 Å². The molecule has 3 amide bonds. The molecule has 4 rings (SSSR count). The van der Waals surface area contributed by atoms with Crippen LogP contribution in [0.25, 0.3) is 0 Å². The number of aliphatic hydroxyl groups is 1. The number of hydrogen-bond donors (Lipinski definition) is 3. The van der Waals surface area contributed by atoms with Gasteiger partial charge in [0, 0.05) is 41.3 Å². The van der Waals surface area contributed by atoms with Crippen LogP contribution in [0, 0.1) is 5.82 Å². The molecular weight excluding hydrogens is 429 g/mol. The average Bonchev–Trinajstić information content (AvgIpc) is 3.01. The van der Waals surface area contributed by atoms with E-state index < -0.39 is 23.6 Å². The van der Waals surface area contributed by atoms with E-state index >= 15 is 0 Å². The van der Waals surface area contributed by atoms with Crippen LogP contribution in [0.1, 0.15) is 24.0 Å². The zero-order valence-corrected chi connectivity index (χ0v) is 17.0. The Morgan fingerprint density at radius 3 is 2.87 bits per heavy atom. The van der Waals surface area contributed by atoms with E-state index in [1.807, 2.05) is 0 Å². The molecule has 2 aliphatic heterocycles. The van der Waals surface area contributed by atoms with Gasteiger partial charge in [-0.1, -0.05) is 17.7 Å². The van der Waals surface area contributed by atoms with Gasteiger partial charge in [-0.2, -0.15) is 0 Å². The molecule has 0 aliphatic carbocycles. The van der Waals surface area contributed by atoms with E-state index in [0.29, 0.717) is 24.2 Å². The van der Waals surface area contributed by atoms with Crippen molar-refractivity contribution >= 4 is 40.9 Å². The Bertz CT molecular complexity index is 1060. The maximum absolute atomic E-state index is 13.8. The molecule has 2 heterocycles. The number of anilines is 2. The number of benzene rings is 2. The molecule has 8 nitrogen and oxygen atoms in total. The van der Waals surface area contributed by atoms with Gasteiger partial charge < -0.3 is 25.4 Å². The van der Waals surface area contributed by atoms with Crippen LogP contribution >= 0.6 is 11.6 Å². The zero-order valence-electron chi connectivity index (χ0n) is 16.3. The second kappa shape index (κ2) is 8.16. The maximum Gasteiger partial charge on any atom is 0.410 e. The molecule has 1 fully saturated rings. The highest BCUT2D eigenvalue weighted by atomic mass is 35.5. The Morgan fingerprint density at radius 2 is 2.10 bits per heavy atom. The number of carbonyl (C=O) groups excluding carboxylic acids is 3. The molecule has 2 aromatic carbocycles. The largest absolute Gasteiger partial charge is 0.410 e. The van der Waals surface area contributed by atoms with Gasteiger partial charge in [0.05, 0.1) is 6.54 Å². The fourth-order valence-electron chi connectivity index (χ4n) is 3.61. The first-order valence-electron chi connectivity index (χ1n) is 9.64. The summed E-state index contributed by atoms with van der Waals surface area (Å²) in [6.45, 7) is -0.137. The molecule has 10 heteroatoms. The van der Waals surface area contributed by atoms with Gasteiger partial charge in [-0.15, -0.1) is 0 Å². The average molecular weight is 448 g/mol. The highest BCUT2D eigenvalue weighted by Gasteiger charge is 2.49. The summed E-state index contributed by atoms with van der Waals surface area (Å²) >= 11 is 5.91. The molecular formula is C21H19ClFN3O5. The first-order chi connectivity index (χ1) is 14.8. The van der Waals surface area contributed by atoms with E-state index in [1.54, 1.807) is 18.2 Å². The minimum atomic E-state index is -2.34. The summed E-state index contributed by atoms with van der Waals surface area (Å²) in [5.41, 5.74) is 2.15. The van der Waals surface area contributed by atoms with Gasteiger partial charge in [-0.05, 0) is 42.3 Å². The van der Waals surface area contributed by atoms with Crippen LogP contribution in [-0.4, -0.2) is 35.3 Å². The van der Waals surface area contributed by atoms with Gasteiger partial charge in [0.15, 0.2) is 0 Å². The Kier molecular flexibility index (Phi) is 5.55. The SMILES string of the molecule is O=C1CCc2cc(N3CC[C@](O)(OC(=O)NCc4c(F)cccc4Cl)C3=O)ccc2N1. The smallest absolute Gasteiger partial charge is 0.407 e. The van der Waals surface area contributed by atoms with Crippen LogP contribution in [0.15, 0.2) is 36.4 Å². The predicted octanol–water partition coefficient (Wildman–Crippen LogP) is 2.72. The lowest BCUT2D eigenvalue weighted by molar-refractivity contribution is -0.175. The third-order valence-corrected chi connectivity index (χ3v) is 5.64. The summed E-state index contributed by atoms with van der Waals surface area (Å²) in [5, 5.41) is 15.8. The lowest BCUT2D eigenvalue weighted by Crippen LogP contribution is -2.46. The number of halogens is 2. The minimum Gasteiger partial charge on any atom is -0.407 e. The number of alkyl carbamates (subject to hydrolysis) is 1. The highest BCUT2D eigenvalue weighted by molar-refractivity contribution is 6.31. The number of aryl methyl sites for hydroxylation is 1. The summed E-state index contributed by atoms with van der Waals surface area (Å²) in [6.07, 6.45) is -0.319. The third kappa shape index (κ3) is 4.19. The van der Waals surface area contributed by atoms with Crippen molar-refractivity contribution in [3.8, 4) is 0 Å². The number of nitrogens with one attached hydrogen (secondary N) is 2. The lowest BCUT2D eigenvalue weighted by atomic mass is 10.0. The van der Waals surface area contributed by atoms with Crippen molar-refractivity contribution in [3.05, 3.63) is 58.4 Å². The van der Waals surface area contributed by atoms with E-state index in [1.165, 1.54) is 23.1 Å². The Hall–Kier alpha value is -3.17. The summed E-state index contributed by atoms with van der Waals surface area (Å²) in [5.74, 6) is -3.79. The number of amides is 3. The van der Waals surface area contributed by atoms with Crippen molar-refractivity contribution in [3.63, 3.8) is 0 Å². The molecule has 2 aliphatic rings. The first-order valence-corrected chi connectivity index (χ1v) is 10.0. The van der Waals surface area contributed by atoms with E-state index in [2.05, 4.69) is 10.6 Å². The van der Waals surface area contributed by atoms with E-state index in [4.69, 9.17) is 16.3 Å². The van der Waals surface area contributed by atoms with Gasteiger partial charge in [0.1, 0.15) is 5.82 Å². The molecule has 0 saturated carbocycles. The van der Waals surface area contributed by atoms with Gasteiger partial charge in [-0.3, -0.25) is 9.59 Å². The number of fused-ring (bicyclic) bond motifs is 1. The van der Waals surface area contributed by atoms with Crippen LogP contribution < -0.4 is 15.5 Å². The molecule has 162 valence electrons. The van der Waals surface area contributed by atoms with Crippen LogP contribution in [-0.2, 0) is 27.3 Å². The molecule has 31 heavy (non-hydrogen) atoms. The second-order valence-electron chi connectivity index (χ2n) is 7.32. The fourth-order valence-corrected chi connectivity index (χ4v) is 3.84. The molecule has 2 aromatic rings. The monoisotopic (exact) mass is 447 g/mol. The first kappa shape index (κ1) is 21.1. The predicted molar refractivity (Wildman–Crippen MR) is 110 cm³/mol. The summed E-state index contributed by atoms with van der Waals surface area (Å²) in [4.78, 5) is 37.7. The Morgan fingerprint density at radius 1 is 1.29 bits per heavy atom.